The first-order valence-electron chi connectivity index (χ1n) is 6.59. The van der Waals surface area contributed by atoms with Crippen LogP contribution in [0.3, 0.4) is 0 Å². The quantitative estimate of drug-likeness (QED) is 0.627. The maximum absolute atomic E-state index is 12.3. The van der Waals surface area contributed by atoms with Gasteiger partial charge in [-0.25, -0.2) is 13.6 Å². The number of halogens is 2. The van der Waals surface area contributed by atoms with Gasteiger partial charge < -0.3 is 14.9 Å². The summed E-state index contributed by atoms with van der Waals surface area (Å²) in [4.78, 5) is 38.0. The van der Waals surface area contributed by atoms with E-state index in [-0.39, 0.29) is 38.4 Å². The maximum atomic E-state index is 12.3. The number of alkyl halides is 2. The number of urea groups is 1. The molecule has 9 heteroatoms. The SMILES string of the molecule is CN1CC(=O)N(CCCC(=O)N(CCO)CC(F)F)C1=O. The molecule has 0 spiro atoms. The second kappa shape index (κ2) is 7.87. The molecule has 0 unspecified atom stereocenters. The zero-order chi connectivity index (χ0) is 16.0. The molecule has 0 aliphatic carbocycles. The molecular weight excluding hydrogens is 288 g/mol. The summed E-state index contributed by atoms with van der Waals surface area (Å²) in [6.07, 6.45) is -2.53. The lowest BCUT2D eigenvalue weighted by Gasteiger charge is -2.21. The summed E-state index contributed by atoms with van der Waals surface area (Å²) in [5.41, 5.74) is 0. The van der Waals surface area contributed by atoms with Gasteiger partial charge in [-0.1, -0.05) is 0 Å². The number of hydrogen-bond donors (Lipinski definition) is 1. The molecule has 0 saturated carbocycles. The Morgan fingerprint density at radius 2 is 2.10 bits per heavy atom. The molecule has 1 aliphatic rings. The normalized spacial score (nSPS) is 15.3. The maximum Gasteiger partial charge on any atom is 0.326 e. The van der Waals surface area contributed by atoms with Gasteiger partial charge in [0.2, 0.25) is 11.8 Å². The van der Waals surface area contributed by atoms with Gasteiger partial charge in [0.1, 0.15) is 6.54 Å². The van der Waals surface area contributed by atoms with E-state index in [1.807, 2.05) is 0 Å². The number of aliphatic hydroxyl groups is 1. The molecule has 21 heavy (non-hydrogen) atoms. The molecule has 1 saturated heterocycles. The Morgan fingerprint density at radius 3 is 2.57 bits per heavy atom. The van der Waals surface area contributed by atoms with E-state index in [0.29, 0.717) is 0 Å². The number of hydrogen-bond acceptors (Lipinski definition) is 4. The monoisotopic (exact) mass is 307 g/mol. The smallest absolute Gasteiger partial charge is 0.326 e. The van der Waals surface area contributed by atoms with Crippen LogP contribution in [0.1, 0.15) is 12.8 Å². The van der Waals surface area contributed by atoms with Crippen LogP contribution >= 0.6 is 0 Å². The fourth-order valence-corrected chi connectivity index (χ4v) is 2.04. The van der Waals surface area contributed by atoms with Crippen molar-refractivity contribution in [3.05, 3.63) is 0 Å². The van der Waals surface area contributed by atoms with Gasteiger partial charge in [-0.15, -0.1) is 0 Å². The minimum absolute atomic E-state index is 0.00873. The number of carbonyl (C=O) groups excluding carboxylic acids is 3. The van der Waals surface area contributed by atoms with E-state index < -0.39 is 31.5 Å². The minimum Gasteiger partial charge on any atom is -0.395 e. The molecule has 1 aliphatic heterocycles. The molecule has 0 atom stereocenters. The van der Waals surface area contributed by atoms with Gasteiger partial charge in [0.15, 0.2) is 0 Å². The molecule has 4 amide bonds. The Hall–Kier alpha value is -1.77. The highest BCUT2D eigenvalue weighted by atomic mass is 19.3. The van der Waals surface area contributed by atoms with E-state index in [1.54, 1.807) is 0 Å². The molecule has 1 N–H and O–H groups in total. The van der Waals surface area contributed by atoms with Crippen molar-refractivity contribution in [3.8, 4) is 0 Å². The summed E-state index contributed by atoms with van der Waals surface area (Å²) in [6.45, 7) is -1.20. The zero-order valence-electron chi connectivity index (χ0n) is 11.8. The number of amides is 4. The second-order valence-corrected chi connectivity index (χ2v) is 4.74. The molecule has 1 fully saturated rings. The van der Waals surface area contributed by atoms with Crippen LogP contribution in [0.5, 0.6) is 0 Å². The van der Waals surface area contributed by atoms with Gasteiger partial charge in [-0.05, 0) is 6.42 Å². The van der Waals surface area contributed by atoms with E-state index in [2.05, 4.69) is 0 Å². The zero-order valence-corrected chi connectivity index (χ0v) is 11.8. The van der Waals surface area contributed by atoms with E-state index in [0.717, 1.165) is 9.80 Å². The number of nitrogens with zero attached hydrogens (tertiary/aromatic N) is 3. The predicted octanol–water partition coefficient (Wildman–Crippen LogP) is -0.253. The molecule has 1 rings (SSSR count). The van der Waals surface area contributed by atoms with Gasteiger partial charge in [0.05, 0.1) is 13.2 Å². The summed E-state index contributed by atoms with van der Waals surface area (Å²) in [6, 6.07) is -0.424. The lowest BCUT2D eigenvalue weighted by molar-refractivity contribution is -0.134. The van der Waals surface area contributed by atoms with Crippen LogP contribution in [-0.2, 0) is 9.59 Å². The van der Waals surface area contributed by atoms with Crippen molar-refractivity contribution in [2.24, 2.45) is 0 Å². The van der Waals surface area contributed by atoms with Crippen LogP contribution in [0, 0.1) is 0 Å². The van der Waals surface area contributed by atoms with Crippen LogP contribution in [0.2, 0.25) is 0 Å². The van der Waals surface area contributed by atoms with E-state index in [4.69, 9.17) is 5.11 Å². The van der Waals surface area contributed by atoms with Crippen molar-refractivity contribution in [2.45, 2.75) is 19.3 Å². The van der Waals surface area contributed by atoms with Crippen LogP contribution in [0.4, 0.5) is 13.6 Å². The summed E-state index contributed by atoms with van der Waals surface area (Å²) in [7, 11) is 1.50. The van der Waals surface area contributed by atoms with Crippen LogP contribution in [0.25, 0.3) is 0 Å². The number of carbonyl (C=O) groups is 3. The first kappa shape index (κ1) is 17.3. The Morgan fingerprint density at radius 1 is 1.43 bits per heavy atom. The van der Waals surface area contributed by atoms with Crippen molar-refractivity contribution in [1.29, 1.82) is 0 Å². The van der Waals surface area contributed by atoms with E-state index >= 15 is 0 Å². The summed E-state index contributed by atoms with van der Waals surface area (Å²) < 4.78 is 24.6. The summed E-state index contributed by atoms with van der Waals surface area (Å²) in [5.74, 6) is -0.869. The molecule has 0 bridgehead atoms. The lowest BCUT2D eigenvalue weighted by Crippen LogP contribution is -2.38. The topological polar surface area (TPSA) is 81.2 Å². The molecule has 7 nitrogen and oxygen atoms in total. The largest absolute Gasteiger partial charge is 0.395 e. The van der Waals surface area contributed by atoms with Gasteiger partial charge in [-0.2, -0.15) is 0 Å². The predicted molar refractivity (Wildman–Crippen MR) is 68.6 cm³/mol. The Labute approximate surface area is 121 Å². The molecule has 0 aromatic carbocycles. The first-order chi connectivity index (χ1) is 9.86. The average Bonchev–Trinajstić information content (AvgIpc) is 2.64. The number of imide groups is 1. The summed E-state index contributed by atoms with van der Waals surface area (Å²) >= 11 is 0. The highest BCUT2D eigenvalue weighted by Crippen LogP contribution is 2.10. The van der Waals surface area contributed by atoms with E-state index in [9.17, 15) is 23.2 Å². The van der Waals surface area contributed by atoms with Crippen LogP contribution < -0.4 is 0 Å². The van der Waals surface area contributed by atoms with Gasteiger partial charge in [0.25, 0.3) is 6.43 Å². The third-order valence-electron chi connectivity index (χ3n) is 3.08. The number of likely N-dealkylation sites (N-methyl/N-ethyl adjacent to an activating group) is 1. The Bertz CT molecular complexity index is 406. The standard InChI is InChI=1S/C12H19F2N3O4/c1-15-8-11(20)17(12(15)21)4-2-3-10(19)16(5-6-18)7-9(13)14/h9,18H,2-8H2,1H3. The highest BCUT2D eigenvalue weighted by molar-refractivity contribution is 6.01. The van der Waals surface area contributed by atoms with Gasteiger partial charge in [0, 0.05) is 26.6 Å². The molecule has 1 heterocycles. The molecule has 0 aromatic heterocycles. The third kappa shape index (κ3) is 4.92. The van der Waals surface area contributed by atoms with Crippen molar-refractivity contribution in [1.82, 2.24) is 14.7 Å². The fraction of sp³-hybridized carbons (Fsp3) is 0.750. The first-order valence-corrected chi connectivity index (χ1v) is 6.59. The van der Waals surface area contributed by atoms with Crippen molar-refractivity contribution in [2.75, 3.05) is 39.8 Å². The second-order valence-electron chi connectivity index (χ2n) is 4.74. The third-order valence-corrected chi connectivity index (χ3v) is 3.08. The van der Waals surface area contributed by atoms with Crippen LogP contribution in [0.15, 0.2) is 0 Å². The fourth-order valence-electron chi connectivity index (χ4n) is 2.04. The molecule has 0 radical (unpaired) electrons. The van der Waals surface area contributed by atoms with Gasteiger partial charge in [-0.3, -0.25) is 14.5 Å². The van der Waals surface area contributed by atoms with Gasteiger partial charge >= 0.3 is 6.03 Å². The molecular formula is C12H19F2N3O4. The number of rotatable bonds is 8. The lowest BCUT2D eigenvalue weighted by atomic mass is 10.2. The Balaban J connectivity index is 2.41. The van der Waals surface area contributed by atoms with Crippen molar-refractivity contribution >= 4 is 17.8 Å². The summed E-state index contributed by atoms with van der Waals surface area (Å²) in [5, 5.41) is 8.75. The minimum atomic E-state index is -2.67. The Kier molecular flexibility index (Phi) is 6.47. The van der Waals surface area contributed by atoms with E-state index in [1.165, 1.54) is 11.9 Å². The van der Waals surface area contributed by atoms with Crippen molar-refractivity contribution in [3.63, 3.8) is 0 Å². The number of aliphatic hydroxyl groups excluding tert-OH is 1. The van der Waals surface area contributed by atoms with Crippen LogP contribution in [-0.4, -0.2) is 83.9 Å². The molecule has 0 aromatic rings. The highest BCUT2D eigenvalue weighted by Gasteiger charge is 2.33. The molecule has 120 valence electrons. The van der Waals surface area contributed by atoms with Crippen molar-refractivity contribution < 1.29 is 28.3 Å². The average molecular weight is 307 g/mol.